The van der Waals surface area contributed by atoms with Crippen LogP contribution in [-0.4, -0.2) is 47.3 Å². The zero-order valence-electron chi connectivity index (χ0n) is 39.5. The zero-order chi connectivity index (χ0) is 45.4. The second kappa shape index (κ2) is 27.6. The molecular weight excluding hydrogens is 777 g/mol. The molecule has 0 atom stereocenters. The number of aryl methyl sites for hydroxylation is 2. The van der Waals surface area contributed by atoms with Gasteiger partial charge in [0.2, 0.25) is 0 Å². The van der Waals surface area contributed by atoms with Gasteiger partial charge in [0.1, 0.15) is 23.4 Å². The Labute approximate surface area is 374 Å². The Morgan fingerprint density at radius 3 is 0.968 bits per heavy atom. The lowest BCUT2D eigenvalue weighted by Crippen LogP contribution is -2.35. The van der Waals surface area contributed by atoms with E-state index in [1.807, 2.05) is 41.5 Å². The third-order valence-electron chi connectivity index (χ3n) is 13.0. The van der Waals surface area contributed by atoms with Crippen molar-refractivity contribution in [2.45, 2.75) is 207 Å². The molecule has 0 amide bonds. The van der Waals surface area contributed by atoms with Crippen molar-refractivity contribution in [3.05, 3.63) is 106 Å². The molecule has 8 nitrogen and oxygen atoms in total. The molecule has 0 aromatic heterocycles. The molecule has 62 heavy (non-hydrogen) atoms. The molecule has 0 spiro atoms. The summed E-state index contributed by atoms with van der Waals surface area (Å²) in [5.41, 5.74) is 3.29. The van der Waals surface area contributed by atoms with Gasteiger partial charge in [-0.05, 0) is 138 Å². The van der Waals surface area contributed by atoms with Crippen LogP contribution < -0.4 is 0 Å². The number of ether oxygens (including phenoxy) is 4. The minimum Gasteiger partial charge on any atom is -0.459 e. The minimum atomic E-state index is -0.492. The molecular formula is C54H78O8. The maximum absolute atomic E-state index is 12.8. The fraction of sp³-hybridized carbons (Fsp3) is 0.593. The van der Waals surface area contributed by atoms with Crippen molar-refractivity contribution in [2.24, 2.45) is 0 Å². The summed E-state index contributed by atoms with van der Waals surface area (Å²) < 4.78 is 22.9. The third kappa shape index (κ3) is 15.7. The summed E-state index contributed by atoms with van der Waals surface area (Å²) >= 11 is 0. The molecule has 0 unspecified atom stereocenters. The van der Waals surface area contributed by atoms with E-state index in [0.717, 1.165) is 89.9 Å². The largest absolute Gasteiger partial charge is 0.459 e. The summed E-state index contributed by atoms with van der Waals surface area (Å²) in [4.78, 5) is 50.6. The Morgan fingerprint density at radius 2 is 0.694 bits per heavy atom. The number of esters is 4. The second-order valence-corrected chi connectivity index (χ2v) is 17.0. The number of carbonyl (C=O) groups is 4. The topological polar surface area (TPSA) is 105 Å². The van der Waals surface area contributed by atoms with E-state index in [0.29, 0.717) is 11.1 Å². The van der Waals surface area contributed by atoms with Gasteiger partial charge in [-0.15, -0.1) is 0 Å². The van der Waals surface area contributed by atoms with Crippen LogP contribution in [0.5, 0.6) is 0 Å². The maximum atomic E-state index is 12.8. The van der Waals surface area contributed by atoms with Gasteiger partial charge < -0.3 is 18.9 Å². The Hall–Kier alpha value is -4.46. The quantitative estimate of drug-likeness (QED) is 0.0920. The Morgan fingerprint density at radius 1 is 0.419 bits per heavy atom. The summed E-state index contributed by atoms with van der Waals surface area (Å²) in [6, 6.07) is 22.4. The van der Waals surface area contributed by atoms with Crippen LogP contribution in [-0.2, 0) is 31.8 Å². The molecule has 2 saturated carbocycles. The molecule has 3 aromatic rings. The fourth-order valence-corrected chi connectivity index (χ4v) is 8.49. The summed E-state index contributed by atoms with van der Waals surface area (Å²) in [5.74, 6) is -1.73. The summed E-state index contributed by atoms with van der Waals surface area (Å²) in [7, 11) is 0. The van der Waals surface area contributed by atoms with Gasteiger partial charge >= 0.3 is 23.9 Å². The lowest BCUT2D eigenvalue weighted by Gasteiger charge is -2.32. The van der Waals surface area contributed by atoms with Crippen LogP contribution in [0.25, 0.3) is 0 Å². The monoisotopic (exact) mass is 855 g/mol. The molecule has 2 aliphatic rings. The van der Waals surface area contributed by atoms with E-state index in [4.69, 9.17) is 18.9 Å². The van der Waals surface area contributed by atoms with Gasteiger partial charge in [0.15, 0.2) is 0 Å². The smallest absolute Gasteiger partial charge is 0.339 e. The molecule has 3 aromatic carbocycles. The number of hydrogen-bond donors (Lipinski definition) is 0. The van der Waals surface area contributed by atoms with Crippen molar-refractivity contribution in [3.63, 3.8) is 0 Å². The van der Waals surface area contributed by atoms with Crippen molar-refractivity contribution in [2.75, 3.05) is 0 Å². The van der Waals surface area contributed by atoms with Gasteiger partial charge in [-0.25, -0.2) is 19.2 Å². The van der Waals surface area contributed by atoms with Gasteiger partial charge in [-0.1, -0.05) is 130 Å². The Kier molecular flexibility index (Phi) is 23.1. The van der Waals surface area contributed by atoms with E-state index < -0.39 is 35.1 Å². The van der Waals surface area contributed by atoms with Crippen LogP contribution in [0.3, 0.4) is 0 Å². The highest BCUT2D eigenvalue weighted by molar-refractivity contribution is 6.04. The summed E-state index contributed by atoms with van der Waals surface area (Å²) in [6.07, 6.45) is 19.8. The van der Waals surface area contributed by atoms with Crippen LogP contribution >= 0.6 is 0 Å². The van der Waals surface area contributed by atoms with Gasteiger partial charge in [-0.2, -0.15) is 0 Å². The first-order valence-corrected chi connectivity index (χ1v) is 24.1. The third-order valence-corrected chi connectivity index (χ3v) is 13.0. The van der Waals surface area contributed by atoms with Crippen molar-refractivity contribution in [3.8, 4) is 0 Å². The maximum Gasteiger partial charge on any atom is 0.339 e. The highest BCUT2D eigenvalue weighted by Crippen LogP contribution is 2.30. The molecule has 2 aliphatic carbocycles. The highest BCUT2D eigenvalue weighted by Gasteiger charge is 2.34. The van der Waals surface area contributed by atoms with Crippen LogP contribution in [0.4, 0.5) is 0 Å². The molecule has 0 bridgehead atoms. The molecule has 5 rings (SSSR count). The number of hydrogen-bond acceptors (Lipinski definition) is 8. The zero-order valence-corrected chi connectivity index (χ0v) is 39.5. The lowest BCUT2D eigenvalue weighted by atomic mass is 9.93. The van der Waals surface area contributed by atoms with Crippen LogP contribution in [0.2, 0.25) is 0 Å². The first kappa shape index (κ1) is 51.9. The normalized spacial score (nSPS) is 14.6. The van der Waals surface area contributed by atoms with Crippen molar-refractivity contribution in [1.82, 2.24) is 0 Å². The average molecular weight is 855 g/mol. The average Bonchev–Trinajstić information content (AvgIpc) is 3.32. The molecule has 2 fully saturated rings. The van der Waals surface area contributed by atoms with Crippen molar-refractivity contribution >= 4 is 23.9 Å². The lowest BCUT2D eigenvalue weighted by molar-refractivity contribution is -0.0291. The van der Waals surface area contributed by atoms with Gasteiger partial charge in [-0.3, -0.25) is 0 Å². The number of benzene rings is 3. The number of carbonyl (C=O) groups excluding carboxylic acids is 4. The van der Waals surface area contributed by atoms with Crippen molar-refractivity contribution < 1.29 is 38.1 Å². The van der Waals surface area contributed by atoms with Crippen LogP contribution in [0, 0.1) is 0 Å². The van der Waals surface area contributed by atoms with E-state index >= 15 is 0 Å². The van der Waals surface area contributed by atoms with E-state index in [1.54, 1.807) is 59.7 Å². The SMILES string of the molecule is CCC(CC)(CC)OC(=O)c1ccccc1C(=O)OC(CC)(CC)CC.CCCc1ccccc1CCC.O=C(OC1CCCCC1)c1ccccc1C(=O)OC1CCCCC1. The molecule has 8 heteroatoms. The van der Waals surface area contributed by atoms with Crippen LogP contribution in [0.15, 0.2) is 72.8 Å². The highest BCUT2D eigenvalue weighted by atomic mass is 16.6. The minimum absolute atomic E-state index is 0.0197. The molecule has 0 aliphatic heterocycles. The van der Waals surface area contributed by atoms with Crippen molar-refractivity contribution in [1.29, 1.82) is 0 Å². The number of rotatable bonds is 18. The first-order valence-electron chi connectivity index (χ1n) is 24.1. The van der Waals surface area contributed by atoms with E-state index in [2.05, 4.69) is 38.1 Å². The van der Waals surface area contributed by atoms with Gasteiger partial charge in [0.25, 0.3) is 0 Å². The first-order chi connectivity index (χ1) is 30.0. The van der Waals surface area contributed by atoms with E-state index in [-0.39, 0.29) is 23.3 Å². The van der Waals surface area contributed by atoms with E-state index in [9.17, 15) is 19.2 Å². The predicted octanol–water partition coefficient (Wildman–Crippen LogP) is 14.2. The predicted molar refractivity (Wildman–Crippen MR) is 250 cm³/mol. The van der Waals surface area contributed by atoms with Crippen LogP contribution in [0.1, 0.15) is 224 Å². The molecule has 342 valence electrons. The molecule has 0 N–H and O–H groups in total. The summed E-state index contributed by atoms with van der Waals surface area (Å²) in [6.45, 7) is 16.6. The second-order valence-electron chi connectivity index (χ2n) is 17.0. The van der Waals surface area contributed by atoms with Gasteiger partial charge in [0.05, 0.1) is 22.3 Å². The Balaban J connectivity index is 0.000000263. The van der Waals surface area contributed by atoms with E-state index in [1.165, 1.54) is 38.5 Å². The fourth-order valence-electron chi connectivity index (χ4n) is 8.49. The summed E-state index contributed by atoms with van der Waals surface area (Å²) in [5, 5.41) is 0. The molecule has 0 radical (unpaired) electrons. The van der Waals surface area contributed by atoms with Gasteiger partial charge in [0, 0.05) is 0 Å². The Bertz CT molecular complexity index is 1650. The molecule has 0 heterocycles. The standard InChI is InChI=1S/C22H34O4.C20H26O4.C12H18/c1-7-21(8-2,9-3)25-19(23)17-15-13-14-16-18(17)20(24)26-22(10-4,11-5)12-6;21-19(23-15-9-3-1-4-10-15)17-13-7-8-14-18(17)20(22)24-16-11-5-2-6-12-16;1-3-7-11-9-5-6-10-12(11)8-4-2/h13-16H,7-12H2,1-6H3;7-8,13-16H,1-6,9-12H2;5-6,9-10H,3-4,7-8H2,1-2H3. The molecule has 0 saturated heterocycles.